The van der Waals surface area contributed by atoms with Crippen molar-refractivity contribution in [2.45, 2.75) is 45.1 Å². The normalized spacial score (nSPS) is 16.9. The molecule has 5 rings (SSSR count). The number of alkyl halides is 3. The fourth-order valence-corrected chi connectivity index (χ4v) is 4.73. The minimum Gasteiger partial charge on any atom is -0.497 e. The molecule has 0 saturated carbocycles. The number of nitrogens with zero attached hydrogens (tertiary/aromatic N) is 4. The minimum atomic E-state index is -4.58. The summed E-state index contributed by atoms with van der Waals surface area (Å²) in [7, 11) is 1.49. The average Bonchev–Trinajstić information content (AvgIpc) is 3.45. The summed E-state index contributed by atoms with van der Waals surface area (Å²) in [5, 5.41) is 14.3. The Hall–Kier alpha value is -4.35. The zero-order chi connectivity index (χ0) is 27.9. The number of hydrogen-bond donors (Lipinski definition) is 2. The lowest BCUT2D eigenvalue weighted by Crippen LogP contribution is -2.35. The number of hydrogen-bond acceptors (Lipinski definition) is 5. The van der Waals surface area contributed by atoms with Crippen LogP contribution in [0.5, 0.6) is 5.75 Å². The highest BCUT2D eigenvalue weighted by Gasteiger charge is 2.47. The summed E-state index contributed by atoms with van der Waals surface area (Å²) in [5.41, 5.74) is 2.87. The summed E-state index contributed by atoms with van der Waals surface area (Å²) in [6, 6.07) is 11.5. The number of fused-ring (bicyclic) bond motifs is 1. The molecule has 4 aromatic rings. The maximum absolute atomic E-state index is 14.1. The quantitative estimate of drug-likeness (QED) is 0.301. The molecular weight excluding hydrogens is 516 g/mol. The largest absolute Gasteiger partial charge is 0.497 e. The van der Waals surface area contributed by atoms with Gasteiger partial charge in [0.25, 0.3) is 5.91 Å². The van der Waals surface area contributed by atoms with Gasteiger partial charge in [0.1, 0.15) is 17.4 Å². The van der Waals surface area contributed by atoms with Gasteiger partial charge >= 0.3 is 6.18 Å². The molecule has 2 N–H and O–H groups in total. The molecule has 0 spiro atoms. The van der Waals surface area contributed by atoms with E-state index in [0.717, 1.165) is 10.2 Å². The van der Waals surface area contributed by atoms with Crippen LogP contribution in [0.2, 0.25) is 0 Å². The van der Waals surface area contributed by atoms with Gasteiger partial charge in [0.05, 0.1) is 36.8 Å². The van der Waals surface area contributed by atoms with E-state index in [-0.39, 0.29) is 23.7 Å². The number of carbonyl (C=O) groups excluding carboxylic acids is 1. The number of methoxy groups -OCH3 is 1. The third-order valence-corrected chi connectivity index (χ3v) is 6.78. The van der Waals surface area contributed by atoms with Gasteiger partial charge in [0.2, 0.25) is 0 Å². The Balaban J connectivity index is 1.40. The second kappa shape index (κ2) is 10.1. The molecule has 3 heterocycles. The summed E-state index contributed by atoms with van der Waals surface area (Å²) >= 11 is 0. The zero-order valence-electron chi connectivity index (χ0n) is 21.4. The number of rotatable bonds is 6. The minimum absolute atomic E-state index is 0.0852. The number of aromatic nitrogens is 4. The van der Waals surface area contributed by atoms with Crippen LogP contribution in [-0.2, 0) is 6.54 Å². The lowest BCUT2D eigenvalue weighted by Gasteiger charge is -2.33. The number of nitrogens with one attached hydrogen (secondary N) is 2. The molecule has 39 heavy (non-hydrogen) atoms. The predicted octanol–water partition coefficient (Wildman–Crippen LogP) is 5.81. The van der Waals surface area contributed by atoms with Crippen LogP contribution in [0.3, 0.4) is 0 Å². The number of amides is 1. The van der Waals surface area contributed by atoms with Crippen LogP contribution < -0.4 is 15.4 Å². The molecule has 2 aromatic heterocycles. The molecule has 204 valence electrons. The van der Waals surface area contributed by atoms with E-state index in [1.165, 1.54) is 25.3 Å². The molecule has 0 radical (unpaired) electrons. The van der Waals surface area contributed by atoms with Crippen LogP contribution in [0.15, 0.2) is 54.6 Å². The van der Waals surface area contributed by atoms with Crippen molar-refractivity contribution in [3.8, 4) is 5.75 Å². The van der Waals surface area contributed by atoms with Crippen molar-refractivity contribution in [2.75, 3.05) is 17.7 Å². The van der Waals surface area contributed by atoms with Gasteiger partial charge in [0, 0.05) is 12.5 Å². The molecular formula is C27H26F4N6O2. The van der Waals surface area contributed by atoms with Gasteiger partial charge in [-0.25, -0.2) is 9.07 Å². The number of halogens is 4. The molecule has 0 aliphatic carbocycles. The van der Waals surface area contributed by atoms with Crippen LogP contribution in [0.4, 0.5) is 29.1 Å². The SMILES string of the molecule is COc1cccc([C@H]2C[C@@H](C(F)(F)F)n3nc(C(=O)Nc4c(C)nn(Cc5ccc(F)cc5)c4C)cc3N2)c1. The Morgan fingerprint density at radius 1 is 1.13 bits per heavy atom. The van der Waals surface area contributed by atoms with Gasteiger partial charge in [-0.1, -0.05) is 24.3 Å². The Bertz CT molecular complexity index is 1510. The van der Waals surface area contributed by atoms with Gasteiger partial charge in [-0.2, -0.15) is 23.4 Å². The summed E-state index contributed by atoms with van der Waals surface area (Å²) in [6.45, 7) is 3.82. The molecule has 1 aliphatic rings. The Labute approximate surface area is 221 Å². The van der Waals surface area contributed by atoms with Crippen molar-refractivity contribution in [1.82, 2.24) is 19.6 Å². The first kappa shape index (κ1) is 26.3. The van der Waals surface area contributed by atoms with Crippen LogP contribution in [0.1, 0.15) is 51.5 Å². The van der Waals surface area contributed by atoms with Crippen LogP contribution in [0.25, 0.3) is 0 Å². The highest BCUT2D eigenvalue weighted by atomic mass is 19.4. The fourth-order valence-electron chi connectivity index (χ4n) is 4.73. The molecule has 2 atom stereocenters. The van der Waals surface area contributed by atoms with E-state index in [1.807, 2.05) is 0 Å². The first-order valence-corrected chi connectivity index (χ1v) is 12.2. The number of carbonyl (C=O) groups is 1. The molecule has 8 nitrogen and oxygen atoms in total. The highest BCUT2D eigenvalue weighted by molar-refractivity contribution is 6.04. The summed E-state index contributed by atoms with van der Waals surface area (Å²) in [6.07, 6.45) is -4.89. The fraction of sp³-hybridized carbons (Fsp3) is 0.296. The lowest BCUT2D eigenvalue weighted by molar-refractivity contribution is -0.173. The van der Waals surface area contributed by atoms with Crippen molar-refractivity contribution in [3.05, 3.63) is 88.6 Å². The van der Waals surface area contributed by atoms with E-state index in [1.54, 1.807) is 54.9 Å². The van der Waals surface area contributed by atoms with Crippen molar-refractivity contribution in [3.63, 3.8) is 0 Å². The lowest BCUT2D eigenvalue weighted by atomic mass is 9.97. The zero-order valence-corrected chi connectivity index (χ0v) is 21.4. The average molecular weight is 543 g/mol. The van der Waals surface area contributed by atoms with Crippen molar-refractivity contribution in [1.29, 1.82) is 0 Å². The van der Waals surface area contributed by atoms with Crippen molar-refractivity contribution < 1.29 is 27.1 Å². The second-order valence-corrected chi connectivity index (χ2v) is 9.41. The van der Waals surface area contributed by atoms with Gasteiger partial charge < -0.3 is 15.4 Å². The number of aryl methyl sites for hydroxylation is 1. The van der Waals surface area contributed by atoms with Crippen molar-refractivity contribution >= 4 is 17.4 Å². The molecule has 0 unspecified atom stereocenters. The van der Waals surface area contributed by atoms with Gasteiger partial charge in [0.15, 0.2) is 11.7 Å². The third-order valence-electron chi connectivity index (χ3n) is 6.78. The first-order valence-electron chi connectivity index (χ1n) is 12.2. The molecule has 1 amide bonds. The molecule has 0 saturated heterocycles. The number of anilines is 2. The topological polar surface area (TPSA) is 86.0 Å². The van der Waals surface area contributed by atoms with Gasteiger partial charge in [-0.05, 0) is 49.2 Å². The first-order chi connectivity index (χ1) is 18.5. The standard InChI is InChI=1S/C27H26F4N6O2/c1-15-25(16(2)36(34-15)14-17-7-9-19(28)10-8-17)33-26(38)22-13-24-32-21(18-5-4-6-20(11-18)39-3)12-23(27(29,30)31)37(24)35-22/h4-11,13,21,23,32H,12,14H2,1-3H3,(H,33,38)/t21-,23+/m1/s1. The Morgan fingerprint density at radius 3 is 2.56 bits per heavy atom. The highest BCUT2D eigenvalue weighted by Crippen LogP contribution is 2.44. The maximum Gasteiger partial charge on any atom is 0.410 e. The summed E-state index contributed by atoms with van der Waals surface area (Å²) in [5.74, 6) is -0.394. The van der Waals surface area contributed by atoms with E-state index in [4.69, 9.17) is 4.74 Å². The van der Waals surface area contributed by atoms with E-state index in [2.05, 4.69) is 20.8 Å². The maximum atomic E-state index is 14.1. The molecule has 0 fully saturated rings. The Kier molecular flexibility index (Phi) is 6.79. The van der Waals surface area contributed by atoms with E-state index in [0.29, 0.717) is 34.9 Å². The number of ether oxygens (including phenoxy) is 1. The predicted molar refractivity (Wildman–Crippen MR) is 136 cm³/mol. The number of benzene rings is 2. The van der Waals surface area contributed by atoms with E-state index < -0.39 is 24.2 Å². The van der Waals surface area contributed by atoms with Crippen LogP contribution >= 0.6 is 0 Å². The van der Waals surface area contributed by atoms with Gasteiger partial charge in [-0.15, -0.1) is 0 Å². The van der Waals surface area contributed by atoms with E-state index >= 15 is 0 Å². The van der Waals surface area contributed by atoms with Crippen LogP contribution in [0, 0.1) is 19.7 Å². The summed E-state index contributed by atoms with van der Waals surface area (Å²) < 4.78 is 63.2. The Morgan fingerprint density at radius 2 is 1.87 bits per heavy atom. The molecule has 12 heteroatoms. The monoisotopic (exact) mass is 542 g/mol. The molecule has 2 aromatic carbocycles. The summed E-state index contributed by atoms with van der Waals surface area (Å²) in [4.78, 5) is 13.1. The van der Waals surface area contributed by atoms with E-state index in [9.17, 15) is 22.4 Å². The smallest absolute Gasteiger partial charge is 0.410 e. The van der Waals surface area contributed by atoms with Crippen molar-refractivity contribution in [2.24, 2.45) is 0 Å². The molecule has 0 bridgehead atoms. The molecule has 1 aliphatic heterocycles. The van der Waals surface area contributed by atoms with Gasteiger partial charge in [-0.3, -0.25) is 9.48 Å². The third kappa shape index (κ3) is 5.31. The van der Waals surface area contributed by atoms with Crippen LogP contribution in [-0.4, -0.2) is 38.8 Å². The second-order valence-electron chi connectivity index (χ2n) is 9.41.